The molecule has 0 aliphatic carbocycles. The molecular weight excluding hydrogens is 343 g/mol. The molecule has 3 rings (SSSR count). The normalized spacial score (nSPS) is 12.3. The fourth-order valence-electron chi connectivity index (χ4n) is 2.43. The van der Waals surface area contributed by atoms with Crippen LogP contribution in [0.4, 0.5) is 13.2 Å². The molecule has 0 fully saturated rings. The molecule has 9 heteroatoms. The molecule has 0 spiro atoms. The number of rotatable bonds is 2. The van der Waals surface area contributed by atoms with Gasteiger partial charge < -0.3 is 4.57 Å². The molecule has 0 radical (unpaired) electrons. The van der Waals surface area contributed by atoms with Gasteiger partial charge in [0.05, 0.1) is 17.4 Å². The number of halogens is 4. The van der Waals surface area contributed by atoms with Crippen LogP contribution in [0.3, 0.4) is 0 Å². The number of nitrogens with zero attached hydrogens (tertiary/aromatic N) is 4. The van der Waals surface area contributed by atoms with Crippen molar-refractivity contribution < 1.29 is 13.2 Å². The van der Waals surface area contributed by atoms with E-state index < -0.39 is 11.9 Å². The predicted molar refractivity (Wildman–Crippen MR) is 83.1 cm³/mol. The number of nitrogens with one attached hydrogen (secondary N) is 1. The van der Waals surface area contributed by atoms with Crippen LogP contribution in [0.25, 0.3) is 16.7 Å². The third-order valence-electron chi connectivity index (χ3n) is 3.54. The van der Waals surface area contributed by atoms with Crippen LogP contribution in [0.5, 0.6) is 0 Å². The predicted octanol–water partition coefficient (Wildman–Crippen LogP) is 3.95. The van der Waals surface area contributed by atoms with Crippen LogP contribution in [-0.4, -0.2) is 19.3 Å². The lowest BCUT2D eigenvalue weighted by atomic mass is 10.2. The van der Waals surface area contributed by atoms with Crippen molar-refractivity contribution in [2.24, 2.45) is 0 Å². The maximum atomic E-state index is 13.4. The zero-order valence-corrected chi connectivity index (χ0v) is 13.5. The molecule has 2 aromatic heterocycles. The lowest BCUT2D eigenvalue weighted by Crippen LogP contribution is -2.24. The van der Waals surface area contributed by atoms with E-state index in [9.17, 15) is 13.2 Å². The first kappa shape index (κ1) is 16.5. The fraction of sp³-hybridized carbons (Fsp3) is 0.267. The van der Waals surface area contributed by atoms with E-state index in [-0.39, 0.29) is 22.6 Å². The van der Waals surface area contributed by atoms with Crippen LogP contribution in [0.2, 0.25) is 5.02 Å². The Bertz CT molecular complexity index is 971. The molecule has 0 saturated carbocycles. The molecule has 0 bridgehead atoms. The summed E-state index contributed by atoms with van der Waals surface area (Å²) in [6.07, 6.45) is -3.35. The van der Waals surface area contributed by atoms with Crippen molar-refractivity contribution in [3.05, 3.63) is 46.8 Å². The first-order valence-electron chi connectivity index (χ1n) is 7.07. The van der Waals surface area contributed by atoms with Gasteiger partial charge in [-0.1, -0.05) is 17.7 Å². The van der Waals surface area contributed by atoms with Crippen molar-refractivity contribution in [1.82, 2.24) is 19.3 Å². The smallest absolute Gasteiger partial charge is 0.314 e. The summed E-state index contributed by atoms with van der Waals surface area (Å²) >= 11 is 5.92. The zero-order chi connectivity index (χ0) is 17.6. The van der Waals surface area contributed by atoms with Crippen LogP contribution in [0.15, 0.2) is 30.6 Å². The van der Waals surface area contributed by atoms with Crippen LogP contribution < -0.4 is 5.49 Å². The molecule has 0 aliphatic rings. The first-order chi connectivity index (χ1) is 11.2. The van der Waals surface area contributed by atoms with E-state index in [1.807, 2.05) is 0 Å². The van der Waals surface area contributed by atoms with Gasteiger partial charge in [0.15, 0.2) is 11.3 Å². The highest BCUT2D eigenvalue weighted by atomic mass is 35.5. The van der Waals surface area contributed by atoms with Gasteiger partial charge in [-0.15, -0.1) is 0 Å². The Morgan fingerprint density at radius 3 is 2.54 bits per heavy atom. The van der Waals surface area contributed by atoms with Crippen molar-refractivity contribution >= 4 is 22.6 Å². The Morgan fingerprint density at radius 2 is 1.96 bits per heavy atom. The van der Waals surface area contributed by atoms with Crippen molar-refractivity contribution in [3.63, 3.8) is 0 Å². The highest BCUT2D eigenvalue weighted by molar-refractivity contribution is 6.30. The summed E-state index contributed by atoms with van der Waals surface area (Å²) in [6, 6.07) is 6.08. The molecule has 0 atom stereocenters. The average Bonchev–Trinajstić information content (AvgIpc) is 2.87. The third kappa shape index (κ3) is 2.66. The fourth-order valence-corrected chi connectivity index (χ4v) is 2.61. The molecule has 1 aromatic carbocycles. The number of aromatic nitrogens is 4. The number of alkyl halides is 3. The van der Waals surface area contributed by atoms with Gasteiger partial charge in [0.1, 0.15) is 5.49 Å². The summed E-state index contributed by atoms with van der Waals surface area (Å²) in [5, 5.41) is 11.9. The number of hydrogen-bond acceptors (Lipinski definition) is 3. The number of fused-ring (bicyclic) bond motifs is 1. The van der Waals surface area contributed by atoms with Gasteiger partial charge in [0, 0.05) is 11.1 Å². The molecule has 2 heterocycles. The summed E-state index contributed by atoms with van der Waals surface area (Å²) < 4.78 is 42.7. The van der Waals surface area contributed by atoms with E-state index in [2.05, 4.69) is 10.1 Å². The zero-order valence-electron chi connectivity index (χ0n) is 12.8. The van der Waals surface area contributed by atoms with Gasteiger partial charge in [-0.05, 0) is 32.0 Å². The molecule has 1 N–H and O–H groups in total. The second-order valence-corrected chi connectivity index (χ2v) is 5.97. The van der Waals surface area contributed by atoms with Crippen LogP contribution in [0, 0.1) is 5.41 Å². The Hall–Kier alpha value is -2.35. The van der Waals surface area contributed by atoms with Gasteiger partial charge in [0.2, 0.25) is 0 Å². The van der Waals surface area contributed by atoms with Gasteiger partial charge in [-0.25, -0.2) is 9.67 Å². The van der Waals surface area contributed by atoms with Crippen molar-refractivity contribution in [1.29, 1.82) is 5.41 Å². The van der Waals surface area contributed by atoms with Gasteiger partial charge in [-0.2, -0.15) is 18.3 Å². The summed E-state index contributed by atoms with van der Waals surface area (Å²) in [7, 11) is 0. The quantitative estimate of drug-likeness (QED) is 0.756. The Kier molecular flexibility index (Phi) is 3.87. The van der Waals surface area contributed by atoms with Crippen LogP contribution in [-0.2, 0) is 6.18 Å². The molecular formula is C15H13ClF3N5. The van der Waals surface area contributed by atoms with E-state index >= 15 is 0 Å². The van der Waals surface area contributed by atoms with Crippen LogP contribution in [0.1, 0.15) is 25.6 Å². The minimum absolute atomic E-state index is 0.0357. The lowest BCUT2D eigenvalue weighted by molar-refractivity contribution is -0.140. The Morgan fingerprint density at radius 1 is 1.25 bits per heavy atom. The highest BCUT2D eigenvalue weighted by Gasteiger charge is 2.38. The molecule has 0 aliphatic heterocycles. The van der Waals surface area contributed by atoms with Crippen molar-refractivity contribution in [2.75, 3.05) is 0 Å². The number of benzene rings is 1. The monoisotopic (exact) mass is 355 g/mol. The summed E-state index contributed by atoms with van der Waals surface area (Å²) in [5.74, 6) is 0. The first-order valence-corrected chi connectivity index (χ1v) is 7.45. The van der Waals surface area contributed by atoms with Crippen LogP contribution >= 0.6 is 11.6 Å². The third-order valence-corrected chi connectivity index (χ3v) is 3.77. The minimum Gasteiger partial charge on any atom is -0.314 e. The van der Waals surface area contributed by atoms with Gasteiger partial charge >= 0.3 is 6.18 Å². The van der Waals surface area contributed by atoms with Gasteiger partial charge in [0.25, 0.3) is 0 Å². The Balaban J connectivity index is 2.42. The second-order valence-electron chi connectivity index (χ2n) is 5.53. The van der Waals surface area contributed by atoms with Gasteiger partial charge in [-0.3, -0.25) is 5.41 Å². The standard InChI is InChI=1S/C15H13ClF3N5/c1-8(2)23-7-21-14-11(13(23)20)12(15(17,18)19)22-24(14)10-5-3-4-9(16)6-10/h3-8,20H,1-2H3. The van der Waals surface area contributed by atoms with Crippen molar-refractivity contribution in [2.45, 2.75) is 26.1 Å². The maximum Gasteiger partial charge on any atom is 0.436 e. The molecule has 3 aromatic rings. The highest BCUT2D eigenvalue weighted by Crippen LogP contribution is 2.33. The van der Waals surface area contributed by atoms with E-state index in [1.54, 1.807) is 32.0 Å². The lowest BCUT2D eigenvalue weighted by Gasteiger charge is -2.11. The topological polar surface area (TPSA) is 59.5 Å². The van der Waals surface area contributed by atoms with Crippen molar-refractivity contribution in [3.8, 4) is 5.69 Å². The average molecular weight is 356 g/mol. The molecule has 24 heavy (non-hydrogen) atoms. The number of hydrogen-bond donors (Lipinski definition) is 1. The summed E-state index contributed by atoms with van der Waals surface area (Å²) in [5.41, 5.74) is -1.11. The minimum atomic E-state index is -4.70. The molecule has 5 nitrogen and oxygen atoms in total. The molecule has 0 unspecified atom stereocenters. The van der Waals surface area contributed by atoms with E-state index in [1.165, 1.54) is 17.0 Å². The molecule has 0 amide bonds. The SMILES string of the molecule is CC(C)n1cnc2c(c(C(F)(F)F)nn2-c2cccc(Cl)c2)c1=N. The van der Waals surface area contributed by atoms with E-state index in [4.69, 9.17) is 17.0 Å². The van der Waals surface area contributed by atoms with E-state index in [0.717, 1.165) is 4.68 Å². The summed E-state index contributed by atoms with van der Waals surface area (Å²) in [6.45, 7) is 3.53. The molecule has 126 valence electrons. The largest absolute Gasteiger partial charge is 0.436 e. The van der Waals surface area contributed by atoms with E-state index in [0.29, 0.717) is 10.7 Å². The summed E-state index contributed by atoms with van der Waals surface area (Å²) in [4.78, 5) is 4.10. The maximum absolute atomic E-state index is 13.4. The second kappa shape index (κ2) is 5.62. The molecule has 0 saturated heterocycles. The Labute approximate surface area is 139 Å².